The first-order valence-electron chi connectivity index (χ1n) is 5.99. The molecule has 1 aliphatic carbocycles. The highest BCUT2D eigenvalue weighted by molar-refractivity contribution is 5.54. The number of aromatic nitrogens is 2. The fourth-order valence-electron chi connectivity index (χ4n) is 2.26. The molecule has 0 spiro atoms. The van der Waals surface area contributed by atoms with Gasteiger partial charge in [0.1, 0.15) is 0 Å². The van der Waals surface area contributed by atoms with E-state index in [1.165, 1.54) is 11.3 Å². The average molecular weight is 225 g/mol. The van der Waals surface area contributed by atoms with Gasteiger partial charge in [0, 0.05) is 23.5 Å². The second-order valence-corrected chi connectivity index (χ2v) is 4.53. The molecule has 1 atom stereocenters. The quantitative estimate of drug-likeness (QED) is 0.807. The van der Waals surface area contributed by atoms with Crippen LogP contribution >= 0.6 is 0 Å². The average Bonchev–Trinajstić information content (AvgIpc) is 2.39. The van der Waals surface area contributed by atoms with Gasteiger partial charge in [-0.1, -0.05) is 30.3 Å². The lowest BCUT2D eigenvalue weighted by molar-refractivity contribution is 0.564. The number of hydrogen-bond donors (Lipinski definition) is 1. The minimum absolute atomic E-state index is 0.272. The number of hydrogen-bond acceptors (Lipinski definition) is 3. The fourth-order valence-corrected chi connectivity index (χ4v) is 2.26. The van der Waals surface area contributed by atoms with Crippen molar-refractivity contribution in [3.05, 3.63) is 47.8 Å². The van der Waals surface area contributed by atoms with Crippen molar-refractivity contribution >= 4 is 0 Å². The molecular formula is C14H15N3. The maximum atomic E-state index is 5.94. The van der Waals surface area contributed by atoms with E-state index < -0.39 is 0 Å². The predicted molar refractivity (Wildman–Crippen MR) is 67.5 cm³/mol. The summed E-state index contributed by atoms with van der Waals surface area (Å²) in [4.78, 5) is 9.08. The van der Waals surface area contributed by atoms with Crippen LogP contribution in [0, 0.1) is 0 Å². The lowest BCUT2D eigenvalue weighted by Gasteiger charge is -2.20. The first-order chi connectivity index (χ1) is 8.33. The molecule has 0 bridgehead atoms. The summed E-state index contributed by atoms with van der Waals surface area (Å²) in [6, 6.07) is 10.4. The maximum absolute atomic E-state index is 5.94. The Morgan fingerprint density at radius 1 is 1.18 bits per heavy atom. The molecule has 17 heavy (non-hydrogen) atoms. The first kappa shape index (κ1) is 10.4. The van der Waals surface area contributed by atoms with Crippen molar-refractivity contribution in [1.29, 1.82) is 0 Å². The van der Waals surface area contributed by atoms with Gasteiger partial charge in [-0.15, -0.1) is 0 Å². The third-order valence-electron chi connectivity index (χ3n) is 3.22. The largest absolute Gasteiger partial charge is 0.327 e. The third kappa shape index (κ3) is 2.06. The van der Waals surface area contributed by atoms with Crippen LogP contribution in [0.3, 0.4) is 0 Å². The summed E-state index contributed by atoms with van der Waals surface area (Å²) in [5.41, 5.74) is 9.40. The first-order valence-corrected chi connectivity index (χ1v) is 5.99. The molecule has 3 heteroatoms. The molecule has 0 fully saturated rings. The molecule has 3 nitrogen and oxygen atoms in total. The molecule has 0 amide bonds. The molecular weight excluding hydrogens is 210 g/mol. The van der Waals surface area contributed by atoms with Crippen molar-refractivity contribution in [2.45, 2.75) is 25.3 Å². The Labute approximate surface area is 101 Å². The minimum atomic E-state index is 0.272. The van der Waals surface area contributed by atoms with E-state index in [9.17, 15) is 0 Å². The van der Waals surface area contributed by atoms with Crippen LogP contribution in [0.1, 0.15) is 17.7 Å². The van der Waals surface area contributed by atoms with Crippen molar-refractivity contribution in [2.24, 2.45) is 5.73 Å². The minimum Gasteiger partial charge on any atom is -0.327 e. The van der Waals surface area contributed by atoms with Gasteiger partial charge >= 0.3 is 0 Å². The summed E-state index contributed by atoms with van der Waals surface area (Å²) in [7, 11) is 0. The smallest absolute Gasteiger partial charge is 0.159 e. The molecule has 2 aromatic rings. The van der Waals surface area contributed by atoms with Gasteiger partial charge in [-0.25, -0.2) is 9.97 Å². The van der Waals surface area contributed by atoms with Gasteiger partial charge < -0.3 is 5.73 Å². The van der Waals surface area contributed by atoms with E-state index in [1.807, 2.05) is 36.5 Å². The zero-order chi connectivity index (χ0) is 11.7. The van der Waals surface area contributed by atoms with Crippen LogP contribution in [-0.4, -0.2) is 16.0 Å². The van der Waals surface area contributed by atoms with Gasteiger partial charge in [0.05, 0.1) is 0 Å². The lowest BCUT2D eigenvalue weighted by atomic mass is 9.93. The molecule has 1 aliphatic rings. The van der Waals surface area contributed by atoms with E-state index in [1.54, 1.807) is 0 Å². The van der Waals surface area contributed by atoms with Crippen LogP contribution < -0.4 is 5.73 Å². The summed E-state index contributed by atoms with van der Waals surface area (Å²) < 4.78 is 0. The Hall–Kier alpha value is -1.74. The Morgan fingerprint density at radius 3 is 2.82 bits per heavy atom. The van der Waals surface area contributed by atoms with Crippen LogP contribution in [-0.2, 0) is 12.8 Å². The molecule has 3 rings (SSSR count). The van der Waals surface area contributed by atoms with Gasteiger partial charge in [0.2, 0.25) is 0 Å². The molecule has 0 unspecified atom stereocenters. The van der Waals surface area contributed by atoms with Crippen LogP contribution in [0.2, 0.25) is 0 Å². The molecule has 1 heterocycles. The number of nitrogens with two attached hydrogens (primary N) is 1. The molecule has 0 saturated heterocycles. The lowest BCUT2D eigenvalue weighted by Crippen LogP contribution is -2.28. The highest BCUT2D eigenvalue weighted by Crippen LogP contribution is 2.21. The Balaban J connectivity index is 1.99. The van der Waals surface area contributed by atoms with E-state index in [2.05, 4.69) is 9.97 Å². The molecule has 2 N–H and O–H groups in total. The molecule has 0 radical (unpaired) electrons. The number of rotatable bonds is 1. The van der Waals surface area contributed by atoms with Crippen LogP contribution in [0.15, 0.2) is 36.5 Å². The molecule has 1 aromatic carbocycles. The van der Waals surface area contributed by atoms with E-state index >= 15 is 0 Å². The van der Waals surface area contributed by atoms with Crippen molar-refractivity contribution in [3.8, 4) is 11.4 Å². The molecule has 86 valence electrons. The Morgan fingerprint density at radius 2 is 2.00 bits per heavy atom. The van der Waals surface area contributed by atoms with Gasteiger partial charge in [0.15, 0.2) is 5.82 Å². The van der Waals surface area contributed by atoms with E-state index in [4.69, 9.17) is 5.73 Å². The van der Waals surface area contributed by atoms with Gasteiger partial charge in [-0.2, -0.15) is 0 Å². The van der Waals surface area contributed by atoms with Crippen molar-refractivity contribution in [2.75, 3.05) is 0 Å². The maximum Gasteiger partial charge on any atom is 0.159 e. The fraction of sp³-hybridized carbons (Fsp3) is 0.286. The van der Waals surface area contributed by atoms with Crippen LogP contribution in [0.5, 0.6) is 0 Å². The molecule has 1 aromatic heterocycles. The number of aryl methyl sites for hydroxylation is 1. The summed E-state index contributed by atoms with van der Waals surface area (Å²) in [6.45, 7) is 0. The monoisotopic (exact) mass is 225 g/mol. The van der Waals surface area contributed by atoms with Gasteiger partial charge in [-0.05, 0) is 24.8 Å². The van der Waals surface area contributed by atoms with Crippen molar-refractivity contribution in [3.63, 3.8) is 0 Å². The SMILES string of the molecule is N[C@@H]1CCc2nc(-c3ccccc3)ncc2C1. The number of benzene rings is 1. The summed E-state index contributed by atoms with van der Waals surface area (Å²) in [5, 5.41) is 0. The van der Waals surface area contributed by atoms with Crippen LogP contribution in [0.4, 0.5) is 0 Å². The van der Waals surface area contributed by atoms with E-state index in [0.717, 1.165) is 30.7 Å². The van der Waals surface area contributed by atoms with E-state index in [0.29, 0.717) is 0 Å². The number of nitrogens with zero attached hydrogens (tertiary/aromatic N) is 2. The second kappa shape index (κ2) is 4.26. The standard InChI is InChI=1S/C14H15N3/c15-12-6-7-13-11(8-12)9-16-14(17-13)10-4-2-1-3-5-10/h1-5,9,12H,6-8,15H2/t12-/m1/s1. The van der Waals surface area contributed by atoms with E-state index in [-0.39, 0.29) is 6.04 Å². The zero-order valence-electron chi connectivity index (χ0n) is 9.63. The Kier molecular flexibility index (Phi) is 2.61. The Bertz CT molecular complexity index is 522. The highest BCUT2D eigenvalue weighted by atomic mass is 14.9. The third-order valence-corrected chi connectivity index (χ3v) is 3.22. The second-order valence-electron chi connectivity index (χ2n) is 4.53. The molecule has 0 saturated carbocycles. The van der Waals surface area contributed by atoms with Gasteiger partial charge in [-0.3, -0.25) is 0 Å². The van der Waals surface area contributed by atoms with Crippen molar-refractivity contribution < 1.29 is 0 Å². The zero-order valence-corrected chi connectivity index (χ0v) is 9.63. The summed E-state index contributed by atoms with van der Waals surface area (Å²) >= 11 is 0. The van der Waals surface area contributed by atoms with Gasteiger partial charge in [0.25, 0.3) is 0 Å². The predicted octanol–water partition coefficient (Wildman–Crippen LogP) is 1.96. The summed E-state index contributed by atoms with van der Waals surface area (Å²) in [5.74, 6) is 0.819. The number of fused-ring (bicyclic) bond motifs is 1. The molecule has 0 aliphatic heterocycles. The summed E-state index contributed by atoms with van der Waals surface area (Å²) in [6.07, 6.45) is 4.84. The van der Waals surface area contributed by atoms with Crippen LogP contribution in [0.25, 0.3) is 11.4 Å². The highest BCUT2D eigenvalue weighted by Gasteiger charge is 2.17. The normalized spacial score (nSPS) is 18.8. The topological polar surface area (TPSA) is 51.8 Å². The van der Waals surface area contributed by atoms with Crippen molar-refractivity contribution in [1.82, 2.24) is 9.97 Å².